The summed E-state index contributed by atoms with van der Waals surface area (Å²) in [4.78, 5) is 6.16. The minimum atomic E-state index is -4.52. The van der Waals surface area contributed by atoms with Gasteiger partial charge in [-0.1, -0.05) is 11.6 Å². The van der Waals surface area contributed by atoms with Gasteiger partial charge in [0, 0.05) is 25.8 Å². The van der Waals surface area contributed by atoms with E-state index in [1.54, 1.807) is 17.9 Å². The van der Waals surface area contributed by atoms with Crippen molar-refractivity contribution in [3.63, 3.8) is 0 Å². The van der Waals surface area contributed by atoms with Gasteiger partial charge in [-0.3, -0.25) is 9.67 Å². The summed E-state index contributed by atoms with van der Waals surface area (Å²) in [5.74, 6) is 0.576. The molecule has 4 heterocycles. The number of halogens is 4. The third-order valence-corrected chi connectivity index (χ3v) is 5.31. The van der Waals surface area contributed by atoms with E-state index < -0.39 is 11.7 Å². The molecule has 4 rings (SSSR count). The lowest BCUT2D eigenvalue weighted by molar-refractivity contribution is -0.137. The average Bonchev–Trinajstić information content (AvgIpc) is 3.04. The van der Waals surface area contributed by atoms with Gasteiger partial charge in [0.05, 0.1) is 22.2 Å². The first kappa shape index (κ1) is 19.8. The van der Waals surface area contributed by atoms with Crippen LogP contribution in [0, 0.1) is 0 Å². The Morgan fingerprint density at radius 3 is 2.66 bits per heavy atom. The third kappa shape index (κ3) is 3.86. The van der Waals surface area contributed by atoms with Crippen molar-refractivity contribution in [2.75, 3.05) is 25.5 Å². The summed E-state index contributed by atoms with van der Waals surface area (Å²) in [6.07, 6.45) is -0.0909. The van der Waals surface area contributed by atoms with Crippen molar-refractivity contribution in [2.24, 2.45) is 7.05 Å². The minimum absolute atomic E-state index is 0.133. The highest BCUT2D eigenvalue weighted by molar-refractivity contribution is 6.33. The summed E-state index contributed by atoms with van der Waals surface area (Å²) in [6, 6.07) is 1.07. The van der Waals surface area contributed by atoms with Crippen LogP contribution in [0.15, 0.2) is 18.5 Å². The zero-order valence-electron chi connectivity index (χ0n) is 15.8. The quantitative estimate of drug-likeness (QED) is 0.691. The summed E-state index contributed by atoms with van der Waals surface area (Å²) in [7, 11) is 3.84. The minimum Gasteiger partial charge on any atom is -0.363 e. The molecule has 0 amide bonds. The van der Waals surface area contributed by atoms with E-state index in [0.717, 1.165) is 38.2 Å². The fourth-order valence-corrected chi connectivity index (χ4v) is 3.87. The SMILES string of the molecule is CN1CCC[C@@H](Nc2nnc(-c3ncc(C(F)(F)F)cc3Cl)c3cnn(C)c23)C1. The standard InChI is InChI=1S/C18H19ClF3N7/c1-28-5-3-4-11(9-28)25-17-16-12(8-24-29(16)2)14(26-27-17)15-13(19)6-10(7-23-15)18(20,21)22/h6-8,11H,3-5,9H2,1-2H3,(H,25,27)/t11-/m1/s1. The molecule has 0 radical (unpaired) electrons. The average molecular weight is 426 g/mol. The maximum absolute atomic E-state index is 12.9. The second-order valence-electron chi connectivity index (χ2n) is 7.23. The van der Waals surface area contributed by atoms with Gasteiger partial charge in [-0.2, -0.15) is 18.3 Å². The monoisotopic (exact) mass is 425 g/mol. The summed E-state index contributed by atoms with van der Waals surface area (Å²) in [5, 5.41) is 16.7. The summed E-state index contributed by atoms with van der Waals surface area (Å²) in [5.41, 5.74) is 0.203. The maximum atomic E-state index is 12.9. The predicted molar refractivity (Wildman–Crippen MR) is 104 cm³/mol. The molecule has 1 aliphatic heterocycles. The Labute approximate surface area is 169 Å². The van der Waals surface area contributed by atoms with Gasteiger partial charge in [-0.05, 0) is 32.5 Å². The lowest BCUT2D eigenvalue weighted by Crippen LogP contribution is -2.40. The number of pyridine rings is 1. The molecule has 0 spiro atoms. The molecule has 0 aromatic carbocycles. The smallest absolute Gasteiger partial charge is 0.363 e. The van der Waals surface area contributed by atoms with Gasteiger partial charge in [-0.25, -0.2) is 0 Å². The maximum Gasteiger partial charge on any atom is 0.417 e. The van der Waals surface area contributed by atoms with Crippen molar-refractivity contribution < 1.29 is 13.2 Å². The van der Waals surface area contributed by atoms with Crippen molar-refractivity contribution in [1.29, 1.82) is 0 Å². The van der Waals surface area contributed by atoms with Crippen molar-refractivity contribution in [1.82, 2.24) is 29.9 Å². The van der Waals surface area contributed by atoms with E-state index in [0.29, 0.717) is 16.7 Å². The number of aryl methyl sites for hydroxylation is 1. The number of nitrogens with one attached hydrogen (secondary N) is 1. The molecule has 1 atom stereocenters. The number of anilines is 1. The number of hydrogen-bond donors (Lipinski definition) is 1. The lowest BCUT2D eigenvalue weighted by Gasteiger charge is -2.30. The van der Waals surface area contributed by atoms with Gasteiger partial charge >= 0.3 is 6.18 Å². The van der Waals surface area contributed by atoms with Crippen LogP contribution in [0.1, 0.15) is 18.4 Å². The van der Waals surface area contributed by atoms with Crippen LogP contribution < -0.4 is 5.32 Å². The largest absolute Gasteiger partial charge is 0.417 e. The Morgan fingerprint density at radius 1 is 1.17 bits per heavy atom. The summed E-state index contributed by atoms with van der Waals surface area (Å²) < 4.78 is 40.4. The second kappa shape index (κ2) is 7.42. The van der Waals surface area contributed by atoms with Crippen molar-refractivity contribution in [2.45, 2.75) is 25.1 Å². The topological polar surface area (TPSA) is 71.8 Å². The molecule has 1 fully saturated rings. The second-order valence-corrected chi connectivity index (χ2v) is 7.63. The molecule has 1 saturated heterocycles. The molecule has 7 nitrogen and oxygen atoms in total. The molecule has 0 unspecified atom stereocenters. The Kier molecular flexibility index (Phi) is 5.07. The van der Waals surface area contributed by atoms with E-state index in [-0.39, 0.29) is 22.5 Å². The highest BCUT2D eigenvalue weighted by atomic mass is 35.5. The zero-order chi connectivity index (χ0) is 20.8. The molecular formula is C18H19ClF3N7. The highest BCUT2D eigenvalue weighted by Crippen LogP contribution is 2.36. The summed E-state index contributed by atoms with van der Waals surface area (Å²) in [6.45, 7) is 1.94. The first-order chi connectivity index (χ1) is 13.7. The number of likely N-dealkylation sites (N-methyl/N-ethyl adjacent to an activating group) is 1. The lowest BCUT2D eigenvalue weighted by atomic mass is 10.1. The first-order valence-corrected chi connectivity index (χ1v) is 9.48. The van der Waals surface area contributed by atoms with E-state index in [2.05, 4.69) is 37.5 Å². The molecule has 3 aromatic rings. The fourth-order valence-electron chi connectivity index (χ4n) is 3.61. The molecule has 1 N–H and O–H groups in total. The van der Waals surface area contributed by atoms with Gasteiger partial charge in [0.2, 0.25) is 0 Å². The van der Waals surface area contributed by atoms with Gasteiger partial charge < -0.3 is 10.2 Å². The van der Waals surface area contributed by atoms with Crippen LogP contribution in [-0.4, -0.2) is 56.0 Å². The molecule has 11 heteroatoms. The van der Waals surface area contributed by atoms with Gasteiger partial charge in [0.15, 0.2) is 5.82 Å². The van der Waals surface area contributed by atoms with Crippen molar-refractivity contribution in [3.8, 4) is 11.4 Å². The Balaban J connectivity index is 1.74. The van der Waals surface area contributed by atoms with Crippen LogP contribution in [0.3, 0.4) is 0 Å². The fraction of sp³-hybridized carbons (Fsp3) is 0.444. The zero-order valence-corrected chi connectivity index (χ0v) is 16.6. The normalized spacial score (nSPS) is 18.3. The first-order valence-electron chi connectivity index (χ1n) is 9.10. The molecule has 0 aliphatic carbocycles. The Morgan fingerprint density at radius 2 is 1.97 bits per heavy atom. The van der Waals surface area contributed by atoms with Gasteiger partial charge in [0.1, 0.15) is 16.9 Å². The Hall–Kier alpha value is -2.46. The number of nitrogens with zero attached hydrogens (tertiary/aromatic N) is 6. The number of likely N-dealkylation sites (tertiary alicyclic amines) is 1. The molecular weight excluding hydrogens is 407 g/mol. The molecule has 3 aromatic heterocycles. The molecule has 1 aliphatic rings. The van der Waals surface area contributed by atoms with E-state index in [1.807, 2.05) is 0 Å². The molecule has 29 heavy (non-hydrogen) atoms. The number of piperidine rings is 1. The van der Waals surface area contributed by atoms with Gasteiger partial charge in [0.25, 0.3) is 0 Å². The van der Waals surface area contributed by atoms with E-state index >= 15 is 0 Å². The molecule has 0 saturated carbocycles. The molecule has 154 valence electrons. The number of aromatic nitrogens is 5. The van der Waals surface area contributed by atoms with Crippen LogP contribution in [0.5, 0.6) is 0 Å². The van der Waals surface area contributed by atoms with Crippen LogP contribution in [-0.2, 0) is 13.2 Å². The highest BCUT2D eigenvalue weighted by Gasteiger charge is 2.32. The Bertz CT molecular complexity index is 1050. The van der Waals surface area contributed by atoms with Crippen LogP contribution in [0.4, 0.5) is 19.0 Å². The number of fused-ring (bicyclic) bond motifs is 1. The van der Waals surface area contributed by atoms with E-state index in [4.69, 9.17) is 11.6 Å². The van der Waals surface area contributed by atoms with E-state index in [9.17, 15) is 13.2 Å². The van der Waals surface area contributed by atoms with Crippen LogP contribution in [0.25, 0.3) is 22.3 Å². The summed E-state index contributed by atoms with van der Waals surface area (Å²) >= 11 is 6.11. The van der Waals surface area contributed by atoms with Crippen molar-refractivity contribution >= 4 is 28.3 Å². The van der Waals surface area contributed by atoms with Crippen molar-refractivity contribution in [3.05, 3.63) is 29.0 Å². The third-order valence-electron chi connectivity index (χ3n) is 5.03. The van der Waals surface area contributed by atoms with E-state index in [1.165, 1.54) is 0 Å². The van der Waals surface area contributed by atoms with Gasteiger partial charge in [-0.15, -0.1) is 10.2 Å². The number of hydrogen-bond acceptors (Lipinski definition) is 6. The molecule has 0 bridgehead atoms. The van der Waals surface area contributed by atoms with Crippen LogP contribution >= 0.6 is 11.6 Å². The predicted octanol–water partition coefficient (Wildman–Crippen LogP) is 3.60. The number of alkyl halides is 3. The number of rotatable bonds is 3. The van der Waals surface area contributed by atoms with Crippen LogP contribution in [0.2, 0.25) is 5.02 Å².